The standard InChI is InChI=1S/C39H40N4O11S4/c1-20-17-21(2)36(42-55(7,44)45)22(3)35(20)40-26-13-15-28-31(18-26)54-32-19-27(14-16-29(32)34(28)30-11-9-10-12-33(30)57(48,49)50)41-37-23(4)38(43-56(8,46)47)25(6)39(24(37)5)58(51,52)53/h9-19,41-43H,1-8H3,(H,48,49,50)(H,51,52,53). The zero-order valence-electron chi connectivity index (χ0n) is 32.5. The third kappa shape index (κ3) is 8.45. The van der Waals surface area contributed by atoms with Gasteiger partial charge in [-0.25, -0.2) is 21.8 Å². The second kappa shape index (κ2) is 14.8. The first-order valence-corrected chi connectivity index (χ1v) is 24.0. The molecule has 0 atom stereocenters. The molecule has 1 aliphatic carbocycles. The SMILES string of the molecule is Cc1cc(C)c(NS(C)(=O)=O)c(C)c1N=c1ccc2c(-c3ccccc3S(=O)(=O)O)c3ccc(Nc4c(C)c(NS(C)(=O)=O)c(C)c(S(=O)(=O)O)c4C)cc3oc-2c1. The molecule has 5 N–H and O–H groups in total. The van der Waals surface area contributed by atoms with Gasteiger partial charge in [-0.2, -0.15) is 16.8 Å². The van der Waals surface area contributed by atoms with Crippen molar-refractivity contribution >= 4 is 79.7 Å². The average molecular weight is 869 g/mol. The lowest BCUT2D eigenvalue weighted by molar-refractivity contribution is 0.480. The van der Waals surface area contributed by atoms with Crippen molar-refractivity contribution in [2.75, 3.05) is 27.3 Å². The Morgan fingerprint density at radius 1 is 0.603 bits per heavy atom. The zero-order valence-corrected chi connectivity index (χ0v) is 35.8. The Kier molecular flexibility index (Phi) is 10.8. The van der Waals surface area contributed by atoms with Crippen LogP contribution in [0, 0.1) is 41.5 Å². The highest BCUT2D eigenvalue weighted by atomic mass is 32.2. The fourth-order valence-corrected chi connectivity index (χ4v) is 10.3. The molecule has 306 valence electrons. The normalized spacial score (nSPS) is 13.0. The van der Waals surface area contributed by atoms with E-state index in [1.165, 1.54) is 26.0 Å². The molecule has 1 heterocycles. The number of rotatable bonds is 10. The number of nitrogens with zero attached hydrogens (tertiary/aromatic N) is 1. The van der Waals surface area contributed by atoms with Crippen molar-refractivity contribution in [3.05, 3.63) is 105 Å². The second-order valence-corrected chi connectivity index (χ2v) is 20.4. The van der Waals surface area contributed by atoms with Crippen molar-refractivity contribution in [2.45, 2.75) is 51.3 Å². The van der Waals surface area contributed by atoms with E-state index in [0.717, 1.165) is 18.1 Å². The summed E-state index contributed by atoms with van der Waals surface area (Å²) in [7, 11) is -17.0. The molecule has 2 aliphatic rings. The van der Waals surface area contributed by atoms with Crippen LogP contribution in [-0.4, -0.2) is 55.3 Å². The summed E-state index contributed by atoms with van der Waals surface area (Å²) in [6.07, 6.45) is 1.97. The van der Waals surface area contributed by atoms with E-state index in [2.05, 4.69) is 14.8 Å². The first-order valence-electron chi connectivity index (χ1n) is 17.3. The molecule has 0 radical (unpaired) electrons. The van der Waals surface area contributed by atoms with E-state index in [9.17, 15) is 42.8 Å². The lowest BCUT2D eigenvalue weighted by Gasteiger charge is -2.22. The maximum absolute atomic E-state index is 12.7. The third-order valence-corrected chi connectivity index (χ3v) is 12.8. The molecule has 0 saturated carbocycles. The predicted molar refractivity (Wildman–Crippen MR) is 225 cm³/mol. The van der Waals surface area contributed by atoms with Gasteiger partial charge in [-0.3, -0.25) is 18.5 Å². The molecule has 0 unspecified atom stereocenters. The van der Waals surface area contributed by atoms with Crippen LogP contribution in [0.15, 0.2) is 85.9 Å². The number of fused-ring (bicyclic) bond motifs is 2. The molecule has 0 saturated heterocycles. The van der Waals surface area contributed by atoms with E-state index in [-0.39, 0.29) is 44.3 Å². The summed E-state index contributed by atoms with van der Waals surface area (Å²) < 4.78 is 131. The molecule has 0 aromatic heterocycles. The Labute approximate surface area is 336 Å². The van der Waals surface area contributed by atoms with Crippen molar-refractivity contribution < 1.29 is 47.2 Å². The number of nitrogens with one attached hydrogen (secondary N) is 3. The van der Waals surface area contributed by atoms with Crippen molar-refractivity contribution in [3.63, 3.8) is 0 Å². The molecule has 4 aromatic rings. The van der Waals surface area contributed by atoms with Gasteiger partial charge in [0.25, 0.3) is 20.2 Å². The minimum atomic E-state index is -4.83. The van der Waals surface area contributed by atoms with Gasteiger partial charge in [0.05, 0.1) is 34.9 Å². The van der Waals surface area contributed by atoms with Crippen molar-refractivity contribution in [3.8, 4) is 22.5 Å². The molecule has 0 fully saturated rings. The Balaban J connectivity index is 1.64. The minimum Gasteiger partial charge on any atom is -0.456 e. The number of sulfonamides is 2. The van der Waals surface area contributed by atoms with Gasteiger partial charge < -0.3 is 9.73 Å². The lowest BCUT2D eigenvalue weighted by Crippen LogP contribution is -2.16. The summed E-state index contributed by atoms with van der Waals surface area (Å²) in [5.74, 6) is 0.249. The Bertz CT molecular complexity index is 3210. The molecule has 15 nitrogen and oxygen atoms in total. The van der Waals surface area contributed by atoms with Gasteiger partial charge in [0.2, 0.25) is 20.0 Å². The summed E-state index contributed by atoms with van der Waals surface area (Å²) in [4.78, 5) is 4.02. The average Bonchev–Trinajstić information content (AvgIpc) is 3.09. The van der Waals surface area contributed by atoms with Crippen LogP contribution < -0.4 is 20.1 Å². The monoisotopic (exact) mass is 868 g/mol. The number of anilines is 4. The van der Waals surface area contributed by atoms with Crippen LogP contribution in [-0.2, 0) is 40.3 Å². The molecule has 58 heavy (non-hydrogen) atoms. The van der Waals surface area contributed by atoms with Gasteiger partial charge in [-0.05, 0) is 105 Å². The topological polar surface area (TPSA) is 239 Å². The number of hydrogen-bond donors (Lipinski definition) is 5. The van der Waals surface area contributed by atoms with Crippen molar-refractivity contribution in [1.82, 2.24) is 0 Å². The molecule has 6 rings (SSSR count). The number of aryl methyl sites for hydroxylation is 2. The summed E-state index contributed by atoms with van der Waals surface area (Å²) in [6, 6.07) is 17.6. The van der Waals surface area contributed by atoms with Crippen LogP contribution in [0.3, 0.4) is 0 Å². The minimum absolute atomic E-state index is 0.00396. The second-order valence-electron chi connectivity index (χ2n) is 14.1. The molecule has 0 amide bonds. The van der Waals surface area contributed by atoms with E-state index in [0.29, 0.717) is 55.6 Å². The molecule has 0 spiro atoms. The highest BCUT2D eigenvalue weighted by Gasteiger charge is 2.27. The molecule has 19 heteroatoms. The first kappa shape index (κ1) is 42.3. The van der Waals surface area contributed by atoms with Crippen LogP contribution in [0.25, 0.3) is 33.4 Å². The molecule has 4 aromatic carbocycles. The fourth-order valence-electron chi connectivity index (χ4n) is 7.29. The van der Waals surface area contributed by atoms with Crippen LogP contribution >= 0.6 is 0 Å². The van der Waals surface area contributed by atoms with Crippen molar-refractivity contribution in [2.24, 2.45) is 4.99 Å². The van der Waals surface area contributed by atoms with E-state index >= 15 is 0 Å². The number of benzene rings is 5. The molecular weight excluding hydrogens is 829 g/mol. The quantitative estimate of drug-likeness (QED) is 0.0675. The Morgan fingerprint density at radius 2 is 1.22 bits per heavy atom. The summed E-state index contributed by atoms with van der Waals surface area (Å²) >= 11 is 0. The largest absolute Gasteiger partial charge is 0.456 e. The zero-order chi connectivity index (χ0) is 42.9. The predicted octanol–water partition coefficient (Wildman–Crippen LogP) is 7.27. The van der Waals surface area contributed by atoms with Gasteiger partial charge >= 0.3 is 0 Å². The van der Waals surface area contributed by atoms with Crippen molar-refractivity contribution in [1.29, 1.82) is 0 Å². The molecular formula is C39H40N4O11S4. The van der Waals surface area contributed by atoms with Gasteiger partial charge in [0.15, 0.2) is 0 Å². The lowest BCUT2D eigenvalue weighted by atomic mass is 9.93. The van der Waals surface area contributed by atoms with Crippen LogP contribution in [0.4, 0.5) is 28.4 Å². The summed E-state index contributed by atoms with van der Waals surface area (Å²) in [6.45, 7) is 9.79. The maximum atomic E-state index is 12.7. The highest BCUT2D eigenvalue weighted by molar-refractivity contribution is 7.92. The van der Waals surface area contributed by atoms with Gasteiger partial charge in [0.1, 0.15) is 21.1 Å². The smallest absolute Gasteiger partial charge is 0.295 e. The first-order chi connectivity index (χ1) is 26.7. The summed E-state index contributed by atoms with van der Waals surface area (Å²) in [5.41, 5.74) is 5.11. The highest BCUT2D eigenvalue weighted by Crippen LogP contribution is 2.44. The van der Waals surface area contributed by atoms with Crippen LogP contribution in [0.2, 0.25) is 0 Å². The van der Waals surface area contributed by atoms with Crippen LogP contribution in [0.1, 0.15) is 33.4 Å². The van der Waals surface area contributed by atoms with Crippen LogP contribution in [0.5, 0.6) is 0 Å². The van der Waals surface area contributed by atoms with Gasteiger partial charge in [-0.1, -0.05) is 24.3 Å². The van der Waals surface area contributed by atoms with E-state index in [1.54, 1.807) is 69.3 Å². The maximum Gasteiger partial charge on any atom is 0.295 e. The van der Waals surface area contributed by atoms with Gasteiger partial charge in [-0.15, -0.1) is 0 Å². The number of hydrogen-bond acceptors (Lipinski definition) is 11. The fraction of sp³-hybridized carbons (Fsp3) is 0.205. The summed E-state index contributed by atoms with van der Waals surface area (Å²) in [5, 5.41) is 3.99. The van der Waals surface area contributed by atoms with E-state index in [4.69, 9.17) is 9.41 Å². The third-order valence-electron chi connectivity index (χ3n) is 9.60. The Morgan fingerprint density at radius 3 is 1.84 bits per heavy atom. The molecule has 0 bridgehead atoms. The van der Waals surface area contributed by atoms with E-state index in [1.807, 2.05) is 13.0 Å². The molecule has 1 aliphatic heterocycles. The Hall–Kier alpha value is -5.31. The van der Waals surface area contributed by atoms with E-state index < -0.39 is 45.2 Å². The van der Waals surface area contributed by atoms with Gasteiger partial charge in [0, 0.05) is 45.6 Å².